The number of aliphatic imine (C=N–C) groups is 1. The van der Waals surface area contributed by atoms with Crippen molar-refractivity contribution in [3.8, 4) is 5.75 Å². The molecule has 1 saturated carbocycles. The van der Waals surface area contributed by atoms with E-state index in [2.05, 4.69) is 21.7 Å². The summed E-state index contributed by atoms with van der Waals surface area (Å²) >= 11 is 0. The number of benzene rings is 1. The first kappa shape index (κ1) is 13.7. The molecule has 0 bridgehead atoms. The number of ether oxygens (including phenoxy) is 1. The smallest absolute Gasteiger partial charge is 0.191 e. The summed E-state index contributed by atoms with van der Waals surface area (Å²) in [6.07, 6.45) is 2.69. The summed E-state index contributed by atoms with van der Waals surface area (Å²) in [4.78, 5) is 4.23. The van der Waals surface area contributed by atoms with E-state index in [9.17, 15) is 0 Å². The molecule has 0 saturated heterocycles. The van der Waals surface area contributed by atoms with E-state index in [1.807, 2.05) is 25.1 Å². The topological polar surface area (TPSA) is 45.6 Å². The van der Waals surface area contributed by atoms with Crippen molar-refractivity contribution in [2.75, 3.05) is 20.2 Å². The van der Waals surface area contributed by atoms with Gasteiger partial charge in [-0.3, -0.25) is 4.99 Å². The predicted octanol–water partition coefficient (Wildman–Crippen LogP) is 2.16. The monoisotopic (exact) mass is 261 g/mol. The quantitative estimate of drug-likeness (QED) is 0.609. The molecule has 0 spiro atoms. The third-order valence-corrected chi connectivity index (χ3v) is 3.20. The van der Waals surface area contributed by atoms with Crippen LogP contribution in [-0.2, 0) is 6.54 Å². The van der Waals surface area contributed by atoms with Gasteiger partial charge in [0.2, 0.25) is 0 Å². The van der Waals surface area contributed by atoms with Gasteiger partial charge in [0.25, 0.3) is 0 Å². The van der Waals surface area contributed by atoms with Gasteiger partial charge < -0.3 is 15.4 Å². The lowest BCUT2D eigenvalue weighted by molar-refractivity contribution is 0.336. The molecule has 0 aliphatic heterocycles. The van der Waals surface area contributed by atoms with E-state index in [-0.39, 0.29) is 0 Å². The fourth-order valence-corrected chi connectivity index (χ4v) is 1.91. The molecule has 1 aliphatic carbocycles. The van der Waals surface area contributed by atoms with Crippen LogP contribution in [0, 0.1) is 5.92 Å². The van der Waals surface area contributed by atoms with Crippen molar-refractivity contribution >= 4 is 5.96 Å². The zero-order valence-corrected chi connectivity index (χ0v) is 11.8. The van der Waals surface area contributed by atoms with Crippen molar-refractivity contribution in [3.05, 3.63) is 29.8 Å². The molecule has 1 aromatic rings. The van der Waals surface area contributed by atoms with Crippen LogP contribution in [0.1, 0.15) is 25.3 Å². The van der Waals surface area contributed by atoms with Crippen molar-refractivity contribution in [1.82, 2.24) is 10.6 Å². The molecule has 104 valence electrons. The lowest BCUT2D eigenvalue weighted by Crippen LogP contribution is -2.37. The van der Waals surface area contributed by atoms with Crippen molar-refractivity contribution in [2.24, 2.45) is 10.9 Å². The van der Waals surface area contributed by atoms with E-state index >= 15 is 0 Å². The molecule has 1 aliphatic rings. The van der Waals surface area contributed by atoms with Crippen LogP contribution in [0.5, 0.6) is 5.75 Å². The molecule has 0 unspecified atom stereocenters. The van der Waals surface area contributed by atoms with Crippen molar-refractivity contribution in [3.63, 3.8) is 0 Å². The Kier molecular flexibility index (Phi) is 5.07. The van der Waals surface area contributed by atoms with Gasteiger partial charge in [0.05, 0.1) is 6.61 Å². The highest BCUT2D eigenvalue weighted by atomic mass is 16.5. The van der Waals surface area contributed by atoms with E-state index in [1.165, 1.54) is 12.8 Å². The second kappa shape index (κ2) is 7.02. The van der Waals surface area contributed by atoms with Gasteiger partial charge in [-0.2, -0.15) is 0 Å². The molecule has 4 heteroatoms. The molecule has 0 aromatic heterocycles. The average molecular weight is 261 g/mol. The fourth-order valence-electron chi connectivity index (χ4n) is 1.91. The van der Waals surface area contributed by atoms with E-state index in [4.69, 9.17) is 4.74 Å². The minimum Gasteiger partial charge on any atom is -0.494 e. The third-order valence-electron chi connectivity index (χ3n) is 3.20. The lowest BCUT2D eigenvalue weighted by atomic mass is 10.2. The van der Waals surface area contributed by atoms with E-state index < -0.39 is 0 Å². The summed E-state index contributed by atoms with van der Waals surface area (Å²) in [5.74, 6) is 2.64. The van der Waals surface area contributed by atoms with E-state index in [0.29, 0.717) is 6.61 Å². The van der Waals surface area contributed by atoms with Gasteiger partial charge in [0.15, 0.2) is 5.96 Å². The highest BCUT2D eigenvalue weighted by molar-refractivity contribution is 5.79. The predicted molar refractivity (Wildman–Crippen MR) is 78.5 cm³/mol. The van der Waals surface area contributed by atoms with E-state index in [0.717, 1.165) is 36.3 Å². The number of hydrogen-bond donors (Lipinski definition) is 2. The summed E-state index contributed by atoms with van der Waals surface area (Å²) in [5, 5.41) is 6.68. The maximum atomic E-state index is 5.61. The standard InChI is InChI=1S/C15H23N3O/c1-3-19-14-7-5-4-6-13(14)11-18-15(16-2)17-10-12-8-9-12/h4-7,12H,3,8-11H2,1-2H3,(H2,16,17,18). The van der Waals surface area contributed by atoms with Gasteiger partial charge in [-0.05, 0) is 31.7 Å². The van der Waals surface area contributed by atoms with Crippen LogP contribution < -0.4 is 15.4 Å². The zero-order valence-electron chi connectivity index (χ0n) is 11.8. The van der Waals surface area contributed by atoms with Crippen LogP contribution in [0.3, 0.4) is 0 Å². The molecule has 4 nitrogen and oxygen atoms in total. The lowest BCUT2D eigenvalue weighted by Gasteiger charge is -2.14. The number of nitrogens with zero attached hydrogens (tertiary/aromatic N) is 1. The Labute approximate surface area is 115 Å². The Morgan fingerprint density at radius 1 is 1.32 bits per heavy atom. The highest BCUT2D eigenvalue weighted by Crippen LogP contribution is 2.27. The van der Waals surface area contributed by atoms with Crippen LogP contribution in [0.2, 0.25) is 0 Å². The average Bonchev–Trinajstić information content (AvgIpc) is 3.25. The SMILES string of the molecule is CCOc1ccccc1CNC(=NC)NCC1CC1. The van der Waals surface area contributed by atoms with Gasteiger partial charge in [0, 0.05) is 25.7 Å². The van der Waals surface area contributed by atoms with Crippen LogP contribution in [0.4, 0.5) is 0 Å². The Balaban J connectivity index is 1.85. The number of nitrogens with one attached hydrogen (secondary N) is 2. The van der Waals surface area contributed by atoms with Crippen LogP contribution in [-0.4, -0.2) is 26.2 Å². The summed E-state index contributed by atoms with van der Waals surface area (Å²) in [7, 11) is 1.80. The minimum absolute atomic E-state index is 0.686. The molecule has 2 N–H and O–H groups in total. The van der Waals surface area contributed by atoms with Gasteiger partial charge in [-0.25, -0.2) is 0 Å². The number of hydrogen-bond acceptors (Lipinski definition) is 2. The molecule has 2 rings (SSSR count). The molecule has 0 amide bonds. The first-order chi connectivity index (χ1) is 9.33. The molecule has 0 radical (unpaired) electrons. The second-order valence-electron chi connectivity index (χ2n) is 4.79. The second-order valence-corrected chi connectivity index (χ2v) is 4.79. The molecule has 0 atom stereocenters. The Hall–Kier alpha value is -1.71. The van der Waals surface area contributed by atoms with Crippen LogP contribution >= 0.6 is 0 Å². The maximum absolute atomic E-state index is 5.61. The van der Waals surface area contributed by atoms with E-state index in [1.54, 1.807) is 7.05 Å². The van der Waals surface area contributed by atoms with Gasteiger partial charge in [-0.15, -0.1) is 0 Å². The Morgan fingerprint density at radius 2 is 2.11 bits per heavy atom. The molecule has 1 fully saturated rings. The molecular weight excluding hydrogens is 238 g/mol. The molecule has 1 aromatic carbocycles. The Morgan fingerprint density at radius 3 is 2.79 bits per heavy atom. The summed E-state index contributed by atoms with van der Waals surface area (Å²) in [5.41, 5.74) is 1.15. The van der Waals surface area contributed by atoms with Gasteiger partial charge in [0.1, 0.15) is 5.75 Å². The van der Waals surface area contributed by atoms with Gasteiger partial charge >= 0.3 is 0 Å². The first-order valence-electron chi connectivity index (χ1n) is 6.98. The van der Waals surface area contributed by atoms with Crippen molar-refractivity contribution in [1.29, 1.82) is 0 Å². The number of guanidine groups is 1. The van der Waals surface area contributed by atoms with Crippen molar-refractivity contribution < 1.29 is 4.74 Å². The van der Waals surface area contributed by atoms with Gasteiger partial charge in [-0.1, -0.05) is 18.2 Å². The van der Waals surface area contributed by atoms with Crippen LogP contribution in [0.15, 0.2) is 29.3 Å². The number of para-hydroxylation sites is 1. The maximum Gasteiger partial charge on any atom is 0.191 e. The fraction of sp³-hybridized carbons (Fsp3) is 0.533. The van der Waals surface area contributed by atoms with Crippen LogP contribution in [0.25, 0.3) is 0 Å². The summed E-state index contributed by atoms with van der Waals surface area (Å²) in [6, 6.07) is 8.10. The molecule has 19 heavy (non-hydrogen) atoms. The first-order valence-corrected chi connectivity index (χ1v) is 6.98. The molecule has 0 heterocycles. The third kappa shape index (κ3) is 4.47. The summed E-state index contributed by atoms with van der Waals surface area (Å²) < 4.78 is 5.61. The normalized spacial score (nSPS) is 15.2. The molecular formula is C15H23N3O. The minimum atomic E-state index is 0.686. The highest BCUT2D eigenvalue weighted by Gasteiger charge is 2.21. The zero-order chi connectivity index (χ0) is 13.5. The Bertz CT molecular complexity index is 427. The van der Waals surface area contributed by atoms with Crippen molar-refractivity contribution in [2.45, 2.75) is 26.3 Å². The summed E-state index contributed by atoms with van der Waals surface area (Å²) in [6.45, 7) is 4.43. The number of rotatable bonds is 6. The largest absolute Gasteiger partial charge is 0.494 e.